The maximum Gasteiger partial charge on any atom is 0.232 e. The van der Waals surface area contributed by atoms with Crippen LogP contribution in [0.4, 0.5) is 5.69 Å². The van der Waals surface area contributed by atoms with Crippen LogP contribution in [0, 0.1) is 0 Å². The van der Waals surface area contributed by atoms with Crippen LogP contribution in [0.3, 0.4) is 0 Å². The first-order chi connectivity index (χ1) is 10.4. The first-order valence-corrected chi connectivity index (χ1v) is 8.90. The summed E-state index contributed by atoms with van der Waals surface area (Å²) in [5.74, 6) is 1.02. The van der Waals surface area contributed by atoms with E-state index in [4.69, 9.17) is 9.47 Å². The molecule has 1 aliphatic rings. The Morgan fingerprint density at radius 1 is 1.32 bits per heavy atom. The van der Waals surface area contributed by atoms with Gasteiger partial charge < -0.3 is 14.8 Å². The SMILES string of the molecule is CCCC(=O)NCCN(c1ccc2c(c1)OCO2)S(C)(=O)=O. The molecule has 1 N–H and O–H groups in total. The van der Waals surface area contributed by atoms with Crippen LogP contribution in [-0.2, 0) is 14.8 Å². The summed E-state index contributed by atoms with van der Waals surface area (Å²) in [6.45, 7) is 2.45. The number of rotatable bonds is 7. The Morgan fingerprint density at radius 2 is 2.05 bits per heavy atom. The number of fused-ring (bicyclic) bond motifs is 1. The highest BCUT2D eigenvalue weighted by Gasteiger charge is 2.21. The van der Waals surface area contributed by atoms with Crippen LogP contribution in [0.1, 0.15) is 19.8 Å². The third-order valence-corrected chi connectivity index (χ3v) is 4.35. The molecule has 1 aliphatic heterocycles. The van der Waals surface area contributed by atoms with Gasteiger partial charge in [0, 0.05) is 19.0 Å². The lowest BCUT2D eigenvalue weighted by Gasteiger charge is -2.22. The van der Waals surface area contributed by atoms with E-state index < -0.39 is 10.0 Å². The van der Waals surface area contributed by atoms with E-state index in [2.05, 4.69) is 5.32 Å². The summed E-state index contributed by atoms with van der Waals surface area (Å²) in [6, 6.07) is 4.95. The average Bonchev–Trinajstić information content (AvgIpc) is 2.89. The summed E-state index contributed by atoms with van der Waals surface area (Å²) in [5.41, 5.74) is 0.483. The van der Waals surface area contributed by atoms with Crippen LogP contribution >= 0.6 is 0 Å². The maximum absolute atomic E-state index is 12.0. The van der Waals surface area contributed by atoms with Crippen molar-refractivity contribution in [3.63, 3.8) is 0 Å². The molecule has 1 heterocycles. The van der Waals surface area contributed by atoms with E-state index in [-0.39, 0.29) is 25.8 Å². The summed E-state index contributed by atoms with van der Waals surface area (Å²) < 4.78 is 35.7. The fourth-order valence-corrected chi connectivity index (χ4v) is 3.06. The number of hydrogen-bond donors (Lipinski definition) is 1. The first kappa shape index (κ1) is 16.4. The van der Waals surface area contributed by atoms with Crippen LogP contribution in [0.5, 0.6) is 11.5 Å². The standard InChI is InChI=1S/C14H20N2O5S/c1-3-4-14(17)15-7-8-16(22(2,18)19)11-5-6-12-13(9-11)21-10-20-12/h5-6,9H,3-4,7-8,10H2,1-2H3,(H,15,17). The quantitative estimate of drug-likeness (QED) is 0.810. The van der Waals surface area contributed by atoms with E-state index in [1.807, 2.05) is 6.92 Å². The van der Waals surface area contributed by atoms with Crippen molar-refractivity contribution in [1.29, 1.82) is 0 Å². The third-order valence-electron chi connectivity index (χ3n) is 3.16. The first-order valence-electron chi connectivity index (χ1n) is 7.06. The summed E-state index contributed by atoms with van der Waals surface area (Å²) in [7, 11) is -3.46. The molecule has 7 nitrogen and oxygen atoms in total. The van der Waals surface area contributed by atoms with Gasteiger partial charge in [-0.05, 0) is 18.6 Å². The van der Waals surface area contributed by atoms with Gasteiger partial charge in [-0.3, -0.25) is 9.10 Å². The van der Waals surface area contributed by atoms with E-state index >= 15 is 0 Å². The van der Waals surface area contributed by atoms with Crippen molar-refractivity contribution in [2.45, 2.75) is 19.8 Å². The van der Waals surface area contributed by atoms with Crippen molar-refractivity contribution in [3.8, 4) is 11.5 Å². The topological polar surface area (TPSA) is 84.9 Å². The number of carbonyl (C=O) groups is 1. The lowest BCUT2D eigenvalue weighted by Crippen LogP contribution is -2.38. The minimum Gasteiger partial charge on any atom is -0.454 e. The molecule has 1 amide bonds. The molecule has 1 aromatic carbocycles. The normalized spacial score (nSPS) is 13.0. The van der Waals surface area contributed by atoms with Gasteiger partial charge in [0.1, 0.15) is 0 Å². The number of sulfonamides is 1. The lowest BCUT2D eigenvalue weighted by atomic mass is 10.3. The van der Waals surface area contributed by atoms with Crippen molar-refractivity contribution in [1.82, 2.24) is 5.32 Å². The predicted octanol–water partition coefficient (Wildman–Crippen LogP) is 1.10. The van der Waals surface area contributed by atoms with Crippen LogP contribution in [0.25, 0.3) is 0 Å². The largest absolute Gasteiger partial charge is 0.454 e. The molecule has 1 aromatic rings. The lowest BCUT2D eigenvalue weighted by molar-refractivity contribution is -0.121. The second kappa shape index (κ2) is 6.87. The van der Waals surface area contributed by atoms with Crippen molar-refractivity contribution in [2.75, 3.05) is 30.4 Å². The minimum atomic E-state index is -3.46. The Bertz CT molecular complexity index is 645. The van der Waals surface area contributed by atoms with Crippen molar-refractivity contribution >= 4 is 21.6 Å². The molecule has 0 atom stereocenters. The van der Waals surface area contributed by atoms with Crippen LogP contribution in [0.15, 0.2) is 18.2 Å². The highest BCUT2D eigenvalue weighted by molar-refractivity contribution is 7.92. The van der Waals surface area contributed by atoms with E-state index in [0.717, 1.165) is 12.7 Å². The summed E-state index contributed by atoms with van der Waals surface area (Å²) in [5, 5.41) is 2.71. The second-order valence-electron chi connectivity index (χ2n) is 4.97. The highest BCUT2D eigenvalue weighted by Crippen LogP contribution is 2.35. The van der Waals surface area contributed by atoms with E-state index in [1.165, 1.54) is 4.31 Å². The predicted molar refractivity (Wildman–Crippen MR) is 82.7 cm³/mol. The number of benzene rings is 1. The van der Waals surface area contributed by atoms with Gasteiger partial charge in [0.05, 0.1) is 18.5 Å². The van der Waals surface area contributed by atoms with Gasteiger partial charge in [-0.2, -0.15) is 0 Å². The van der Waals surface area contributed by atoms with Gasteiger partial charge in [0.25, 0.3) is 0 Å². The third kappa shape index (κ3) is 4.03. The molecule has 22 heavy (non-hydrogen) atoms. The molecule has 122 valence electrons. The number of ether oxygens (including phenoxy) is 2. The minimum absolute atomic E-state index is 0.0818. The Kier molecular flexibility index (Phi) is 5.12. The molecule has 0 radical (unpaired) electrons. The Hall–Kier alpha value is -1.96. The number of carbonyl (C=O) groups excluding carboxylic acids is 1. The van der Waals surface area contributed by atoms with Gasteiger partial charge in [-0.25, -0.2) is 8.42 Å². The van der Waals surface area contributed by atoms with Crippen LogP contribution < -0.4 is 19.1 Å². The number of hydrogen-bond acceptors (Lipinski definition) is 5. The fourth-order valence-electron chi connectivity index (χ4n) is 2.14. The fraction of sp³-hybridized carbons (Fsp3) is 0.500. The molecule has 8 heteroatoms. The molecular formula is C14H20N2O5S. The Labute approximate surface area is 130 Å². The molecule has 0 saturated heterocycles. The zero-order valence-corrected chi connectivity index (χ0v) is 13.5. The smallest absolute Gasteiger partial charge is 0.232 e. The molecule has 2 rings (SSSR count). The Balaban J connectivity index is 2.09. The van der Waals surface area contributed by atoms with Crippen molar-refractivity contribution < 1.29 is 22.7 Å². The van der Waals surface area contributed by atoms with Crippen LogP contribution in [0.2, 0.25) is 0 Å². The molecule has 0 bridgehead atoms. The van der Waals surface area contributed by atoms with Crippen molar-refractivity contribution in [3.05, 3.63) is 18.2 Å². The molecule has 0 aliphatic carbocycles. The summed E-state index contributed by atoms with van der Waals surface area (Å²) in [4.78, 5) is 11.4. The van der Waals surface area contributed by atoms with Gasteiger partial charge in [0.15, 0.2) is 11.5 Å². The average molecular weight is 328 g/mol. The highest BCUT2D eigenvalue weighted by atomic mass is 32.2. The summed E-state index contributed by atoms with van der Waals surface area (Å²) >= 11 is 0. The molecule has 0 fully saturated rings. The molecule has 0 unspecified atom stereocenters. The molecular weight excluding hydrogens is 308 g/mol. The van der Waals surface area contributed by atoms with Gasteiger partial charge in [-0.1, -0.05) is 6.92 Å². The second-order valence-corrected chi connectivity index (χ2v) is 6.88. The number of nitrogens with one attached hydrogen (secondary N) is 1. The van der Waals surface area contributed by atoms with Crippen molar-refractivity contribution in [2.24, 2.45) is 0 Å². The number of amides is 1. The van der Waals surface area contributed by atoms with Gasteiger partial charge in [-0.15, -0.1) is 0 Å². The Morgan fingerprint density at radius 3 is 2.73 bits per heavy atom. The molecule has 0 saturated carbocycles. The van der Waals surface area contributed by atoms with Gasteiger partial charge in [0.2, 0.25) is 22.7 Å². The van der Waals surface area contributed by atoms with E-state index in [0.29, 0.717) is 23.6 Å². The monoisotopic (exact) mass is 328 g/mol. The van der Waals surface area contributed by atoms with Gasteiger partial charge >= 0.3 is 0 Å². The zero-order valence-electron chi connectivity index (χ0n) is 12.7. The molecule has 0 aromatic heterocycles. The molecule has 0 spiro atoms. The number of nitrogens with zero attached hydrogens (tertiary/aromatic N) is 1. The maximum atomic E-state index is 12.0. The number of anilines is 1. The summed E-state index contributed by atoms with van der Waals surface area (Å²) in [6.07, 6.45) is 2.32. The van der Waals surface area contributed by atoms with E-state index in [1.54, 1.807) is 18.2 Å². The van der Waals surface area contributed by atoms with Crippen LogP contribution in [-0.4, -0.2) is 40.5 Å². The zero-order chi connectivity index (χ0) is 16.2. The van der Waals surface area contributed by atoms with E-state index in [9.17, 15) is 13.2 Å².